The molecular weight excluding hydrogens is 531 g/mol. The van der Waals surface area contributed by atoms with Crippen molar-refractivity contribution in [1.82, 2.24) is 10.2 Å². The van der Waals surface area contributed by atoms with Crippen LogP contribution in [0, 0.1) is 20.8 Å². The number of hydrogen-bond acceptors (Lipinski definition) is 5. The molecule has 0 aliphatic carbocycles. The molecule has 39 heavy (non-hydrogen) atoms. The lowest BCUT2D eigenvalue weighted by atomic mass is 9.85. The Hall–Kier alpha value is -2.28. The molecule has 3 aromatic carbocycles. The van der Waals surface area contributed by atoms with Gasteiger partial charge in [0.2, 0.25) is 0 Å². The monoisotopic (exact) mass is 572 g/mol. The van der Waals surface area contributed by atoms with E-state index in [4.69, 9.17) is 16.3 Å². The summed E-state index contributed by atoms with van der Waals surface area (Å²) >= 11 is 5.78. The highest BCUT2D eigenvalue weighted by molar-refractivity contribution is 6.30. The van der Waals surface area contributed by atoms with Gasteiger partial charge < -0.3 is 25.2 Å². The van der Waals surface area contributed by atoms with Crippen LogP contribution < -0.4 is 10.1 Å². The van der Waals surface area contributed by atoms with E-state index in [1.807, 2.05) is 56.3 Å². The Morgan fingerprint density at radius 3 is 2.21 bits per heavy atom. The Morgan fingerprint density at radius 1 is 0.949 bits per heavy atom. The summed E-state index contributed by atoms with van der Waals surface area (Å²) in [6.45, 7) is 13.9. The van der Waals surface area contributed by atoms with Crippen LogP contribution in [-0.4, -0.2) is 53.4 Å². The van der Waals surface area contributed by atoms with Crippen LogP contribution in [0.1, 0.15) is 59.3 Å². The molecule has 2 aliphatic heterocycles. The summed E-state index contributed by atoms with van der Waals surface area (Å²) < 4.78 is 6.50. The number of aliphatic hydroxyl groups excluding tert-OH is 1. The largest absolute Gasteiger partial charge is 0.507 e. The number of aliphatic hydroxyl groups is 1. The molecule has 3 aromatic rings. The lowest BCUT2D eigenvalue weighted by molar-refractivity contribution is 0.0421. The number of aromatic hydroxyl groups is 1. The third-order valence-corrected chi connectivity index (χ3v) is 8.31. The molecule has 3 N–H and O–H groups in total. The van der Waals surface area contributed by atoms with Crippen molar-refractivity contribution in [2.45, 2.75) is 58.7 Å². The molecule has 0 radical (unpaired) electrons. The highest BCUT2D eigenvalue weighted by Crippen LogP contribution is 2.44. The van der Waals surface area contributed by atoms with Gasteiger partial charge in [-0.2, -0.15) is 0 Å². The minimum Gasteiger partial charge on any atom is -0.507 e. The third-order valence-electron chi connectivity index (χ3n) is 8.06. The molecule has 2 atom stereocenters. The number of nitrogens with one attached hydrogen (secondary N) is 1. The Bertz CT molecular complexity index is 1210. The Kier molecular flexibility index (Phi) is 11.1. The number of phenolic OH excluding ortho intramolecular Hbond substituents is 1. The summed E-state index contributed by atoms with van der Waals surface area (Å²) in [4.78, 5) is 2.53. The van der Waals surface area contributed by atoms with Gasteiger partial charge in [0.25, 0.3) is 0 Å². The first-order chi connectivity index (χ1) is 18.2. The van der Waals surface area contributed by atoms with E-state index in [0.29, 0.717) is 10.8 Å². The van der Waals surface area contributed by atoms with Crippen molar-refractivity contribution in [2.75, 3.05) is 32.7 Å². The van der Waals surface area contributed by atoms with Gasteiger partial charge in [0, 0.05) is 43.3 Å². The number of halogens is 2. The van der Waals surface area contributed by atoms with E-state index in [2.05, 4.69) is 24.1 Å². The number of nitrogens with zero attached hydrogens (tertiary/aromatic N) is 1. The van der Waals surface area contributed by atoms with Crippen LogP contribution in [0.2, 0.25) is 5.02 Å². The van der Waals surface area contributed by atoms with Crippen LogP contribution in [0.25, 0.3) is 0 Å². The normalized spacial score (nSPS) is 19.5. The van der Waals surface area contributed by atoms with E-state index in [-0.39, 0.29) is 18.0 Å². The minimum absolute atomic E-state index is 0. The van der Waals surface area contributed by atoms with Gasteiger partial charge in [-0.1, -0.05) is 54.1 Å². The quantitative estimate of drug-likeness (QED) is 0.324. The average Bonchev–Trinajstić information content (AvgIpc) is 2.95. The highest BCUT2D eigenvalue weighted by atomic mass is 35.5. The molecule has 2 aliphatic rings. The standard InChI is InChI=1S/C19H30N2O2.C13H11ClO.ClH/c1-13-14(2)18-16(15(3)17(13)22)5-6-19(4,23-18)7-10-21-11-8-20-9-12-21;14-12-8-6-11(7-9-12)13(15)10-4-2-1-3-5-10;/h20,22H,5-12H2,1-4H3;1-9,13,15H;1H. The van der Waals surface area contributed by atoms with E-state index in [1.54, 1.807) is 12.1 Å². The fraction of sp³-hybridized carbons (Fsp3) is 0.438. The molecule has 0 bridgehead atoms. The molecule has 5 rings (SSSR count). The summed E-state index contributed by atoms with van der Waals surface area (Å²) in [5.74, 6) is 1.46. The van der Waals surface area contributed by atoms with E-state index in [1.165, 1.54) is 5.56 Å². The van der Waals surface area contributed by atoms with Crippen LogP contribution in [0.3, 0.4) is 0 Å². The van der Waals surface area contributed by atoms with Gasteiger partial charge in [-0.15, -0.1) is 12.4 Å². The van der Waals surface area contributed by atoms with E-state index >= 15 is 0 Å². The zero-order chi connectivity index (χ0) is 27.3. The van der Waals surface area contributed by atoms with Crippen LogP contribution in [0.4, 0.5) is 0 Å². The SMILES string of the molecule is Cc1c(C)c2c(c(C)c1O)CCC(C)(CCN1CCNCC1)O2.Cl.OC(c1ccccc1)c1ccc(Cl)cc1. The molecule has 2 unspecified atom stereocenters. The van der Waals surface area contributed by atoms with Gasteiger partial charge in [0.1, 0.15) is 23.2 Å². The van der Waals surface area contributed by atoms with Crippen molar-refractivity contribution < 1.29 is 14.9 Å². The number of rotatable bonds is 5. The molecule has 5 nitrogen and oxygen atoms in total. The Balaban J connectivity index is 0.000000228. The first-order valence-electron chi connectivity index (χ1n) is 13.6. The maximum absolute atomic E-state index is 10.3. The summed E-state index contributed by atoms with van der Waals surface area (Å²) in [6, 6.07) is 16.8. The second kappa shape index (κ2) is 13.9. The van der Waals surface area contributed by atoms with Gasteiger partial charge >= 0.3 is 0 Å². The molecule has 1 fully saturated rings. The van der Waals surface area contributed by atoms with Gasteiger partial charge in [-0.25, -0.2) is 0 Å². The van der Waals surface area contributed by atoms with Crippen molar-refractivity contribution in [2.24, 2.45) is 0 Å². The average molecular weight is 574 g/mol. The van der Waals surface area contributed by atoms with Crippen molar-refractivity contribution in [3.63, 3.8) is 0 Å². The molecule has 0 saturated carbocycles. The van der Waals surface area contributed by atoms with E-state index in [0.717, 1.165) is 85.6 Å². The zero-order valence-electron chi connectivity index (χ0n) is 23.5. The molecule has 7 heteroatoms. The first kappa shape index (κ1) is 31.3. The number of piperazine rings is 1. The van der Waals surface area contributed by atoms with Crippen LogP contribution in [0.15, 0.2) is 54.6 Å². The summed E-state index contributed by atoms with van der Waals surface area (Å²) in [5, 5.41) is 24.4. The van der Waals surface area contributed by atoms with Crippen molar-refractivity contribution in [1.29, 1.82) is 0 Å². The zero-order valence-corrected chi connectivity index (χ0v) is 25.0. The number of hydrogen-bond donors (Lipinski definition) is 3. The van der Waals surface area contributed by atoms with Crippen LogP contribution >= 0.6 is 24.0 Å². The Labute approximate surface area is 244 Å². The maximum Gasteiger partial charge on any atom is 0.127 e. The van der Waals surface area contributed by atoms with Crippen LogP contribution in [-0.2, 0) is 6.42 Å². The lowest BCUT2D eigenvalue weighted by Crippen LogP contribution is -2.46. The predicted molar refractivity (Wildman–Crippen MR) is 163 cm³/mol. The van der Waals surface area contributed by atoms with Crippen molar-refractivity contribution >= 4 is 24.0 Å². The first-order valence-corrected chi connectivity index (χ1v) is 14.0. The fourth-order valence-electron chi connectivity index (χ4n) is 5.27. The topological polar surface area (TPSA) is 65.0 Å². The highest BCUT2D eigenvalue weighted by Gasteiger charge is 2.34. The molecule has 1 saturated heterocycles. The number of phenols is 1. The smallest absolute Gasteiger partial charge is 0.127 e. The molecule has 0 aromatic heterocycles. The Morgan fingerprint density at radius 2 is 1.56 bits per heavy atom. The third kappa shape index (κ3) is 7.68. The van der Waals surface area contributed by atoms with E-state index < -0.39 is 6.10 Å². The predicted octanol–water partition coefficient (Wildman–Crippen LogP) is 6.54. The second-order valence-electron chi connectivity index (χ2n) is 10.8. The lowest BCUT2D eigenvalue weighted by Gasteiger charge is -2.39. The second-order valence-corrected chi connectivity index (χ2v) is 11.2. The number of fused-ring (bicyclic) bond motifs is 1. The van der Waals surface area contributed by atoms with Crippen molar-refractivity contribution in [3.8, 4) is 11.5 Å². The molecular formula is C32H42Cl2N2O3. The maximum atomic E-state index is 10.3. The summed E-state index contributed by atoms with van der Waals surface area (Å²) in [7, 11) is 0. The molecule has 2 heterocycles. The minimum atomic E-state index is -0.580. The summed E-state index contributed by atoms with van der Waals surface area (Å²) in [5.41, 5.74) is 5.88. The molecule has 0 amide bonds. The number of benzene rings is 3. The van der Waals surface area contributed by atoms with Crippen LogP contribution in [0.5, 0.6) is 11.5 Å². The van der Waals surface area contributed by atoms with Crippen molar-refractivity contribution in [3.05, 3.63) is 93.0 Å². The fourth-order valence-corrected chi connectivity index (χ4v) is 5.40. The van der Waals surface area contributed by atoms with Gasteiger partial charge in [0.05, 0.1) is 0 Å². The molecule has 212 valence electrons. The van der Waals surface area contributed by atoms with Gasteiger partial charge in [-0.3, -0.25) is 0 Å². The van der Waals surface area contributed by atoms with Gasteiger partial charge in [-0.05, 0) is 86.9 Å². The van der Waals surface area contributed by atoms with E-state index in [9.17, 15) is 10.2 Å². The summed E-state index contributed by atoms with van der Waals surface area (Å²) in [6.07, 6.45) is 2.50. The van der Waals surface area contributed by atoms with Gasteiger partial charge in [0.15, 0.2) is 0 Å². The number of ether oxygens (including phenoxy) is 1. The molecule has 0 spiro atoms.